The van der Waals surface area contributed by atoms with Crippen LogP contribution in [-0.4, -0.2) is 17.0 Å². The van der Waals surface area contributed by atoms with Crippen molar-refractivity contribution in [3.63, 3.8) is 0 Å². The zero-order valence-electron chi connectivity index (χ0n) is 11.0. The second-order valence-electron chi connectivity index (χ2n) is 5.11. The Hall–Kier alpha value is -2.05. The summed E-state index contributed by atoms with van der Waals surface area (Å²) in [6, 6.07) is 4.37. The van der Waals surface area contributed by atoms with Crippen molar-refractivity contribution in [3.05, 3.63) is 29.8 Å². The van der Waals surface area contributed by atoms with E-state index in [2.05, 4.69) is 5.32 Å². The second-order valence-corrected chi connectivity index (χ2v) is 5.11. The summed E-state index contributed by atoms with van der Waals surface area (Å²) in [5, 5.41) is 11.3. The highest BCUT2D eigenvalue weighted by molar-refractivity contribution is 5.93. The van der Waals surface area contributed by atoms with Gasteiger partial charge in [-0.25, -0.2) is 0 Å². The van der Waals surface area contributed by atoms with Crippen LogP contribution < -0.4 is 5.32 Å². The first-order valence-corrected chi connectivity index (χ1v) is 6.48. The minimum absolute atomic E-state index is 0.0635. The molecule has 4 nitrogen and oxygen atoms in total. The van der Waals surface area contributed by atoms with E-state index >= 15 is 0 Å². The lowest BCUT2D eigenvalue weighted by Crippen LogP contribution is -2.22. The van der Waals surface area contributed by atoms with E-state index in [9.17, 15) is 22.8 Å². The molecule has 1 saturated carbocycles. The van der Waals surface area contributed by atoms with Crippen molar-refractivity contribution in [2.24, 2.45) is 11.8 Å². The lowest BCUT2D eigenvalue weighted by molar-refractivity contribution is -0.141. The number of alkyl halides is 3. The van der Waals surface area contributed by atoms with Crippen molar-refractivity contribution in [2.45, 2.75) is 25.4 Å². The number of halogens is 3. The molecule has 1 aliphatic rings. The molecule has 0 radical (unpaired) electrons. The van der Waals surface area contributed by atoms with Crippen LogP contribution in [0.2, 0.25) is 0 Å². The number of carbonyl (C=O) groups is 2. The highest BCUT2D eigenvalue weighted by Gasteiger charge is 2.34. The molecule has 1 aromatic rings. The third-order valence-corrected chi connectivity index (χ3v) is 3.61. The number of hydrogen-bond acceptors (Lipinski definition) is 2. The lowest BCUT2D eigenvalue weighted by Gasteiger charge is -2.12. The van der Waals surface area contributed by atoms with E-state index in [1.165, 1.54) is 12.1 Å². The summed E-state index contributed by atoms with van der Waals surface area (Å²) < 4.78 is 37.7. The highest BCUT2D eigenvalue weighted by Crippen LogP contribution is 2.33. The van der Waals surface area contributed by atoms with Gasteiger partial charge in [0.1, 0.15) is 0 Å². The van der Waals surface area contributed by atoms with Crippen LogP contribution in [0.5, 0.6) is 0 Å². The van der Waals surface area contributed by atoms with Crippen LogP contribution in [0.15, 0.2) is 24.3 Å². The van der Waals surface area contributed by atoms with Crippen molar-refractivity contribution >= 4 is 17.6 Å². The van der Waals surface area contributed by atoms with Gasteiger partial charge in [-0.15, -0.1) is 0 Å². The van der Waals surface area contributed by atoms with E-state index in [1.54, 1.807) is 0 Å². The number of amides is 1. The molecule has 114 valence electrons. The maximum atomic E-state index is 12.6. The zero-order valence-corrected chi connectivity index (χ0v) is 11.0. The Kier molecular flexibility index (Phi) is 4.20. The van der Waals surface area contributed by atoms with Crippen LogP contribution >= 0.6 is 0 Å². The Morgan fingerprint density at radius 3 is 2.43 bits per heavy atom. The number of anilines is 1. The van der Waals surface area contributed by atoms with E-state index in [1.807, 2.05) is 0 Å². The molecule has 1 amide bonds. The lowest BCUT2D eigenvalue weighted by atomic mass is 10.0. The summed E-state index contributed by atoms with van der Waals surface area (Å²) in [7, 11) is 0. The van der Waals surface area contributed by atoms with Gasteiger partial charge in [0.2, 0.25) is 5.91 Å². The highest BCUT2D eigenvalue weighted by atomic mass is 19.4. The van der Waals surface area contributed by atoms with Crippen molar-refractivity contribution < 1.29 is 27.9 Å². The monoisotopic (exact) mass is 301 g/mol. The van der Waals surface area contributed by atoms with E-state index < -0.39 is 35.5 Å². The summed E-state index contributed by atoms with van der Waals surface area (Å²) >= 11 is 0. The number of aliphatic carboxylic acids is 1. The quantitative estimate of drug-likeness (QED) is 0.901. The Labute approximate surface area is 119 Å². The fraction of sp³-hybridized carbons (Fsp3) is 0.429. The van der Waals surface area contributed by atoms with Gasteiger partial charge in [0.15, 0.2) is 0 Å². The van der Waals surface area contributed by atoms with Gasteiger partial charge in [-0.05, 0) is 37.5 Å². The number of hydrogen-bond donors (Lipinski definition) is 2. The Bertz CT molecular complexity index is 557. The number of benzene rings is 1. The molecule has 0 heterocycles. The molecule has 2 rings (SSSR count). The Morgan fingerprint density at radius 1 is 1.19 bits per heavy atom. The van der Waals surface area contributed by atoms with E-state index in [0.717, 1.165) is 12.1 Å². The molecule has 0 aromatic heterocycles. The largest absolute Gasteiger partial charge is 0.481 e. The normalized spacial score (nSPS) is 22.0. The molecule has 2 N–H and O–H groups in total. The van der Waals surface area contributed by atoms with Crippen LogP contribution in [0.3, 0.4) is 0 Å². The number of carbonyl (C=O) groups excluding carboxylic acids is 1. The van der Waals surface area contributed by atoms with Crippen LogP contribution in [0, 0.1) is 11.8 Å². The molecule has 0 saturated heterocycles. The van der Waals surface area contributed by atoms with Crippen molar-refractivity contribution in [1.29, 1.82) is 0 Å². The van der Waals surface area contributed by atoms with Crippen LogP contribution in [0.1, 0.15) is 24.8 Å². The van der Waals surface area contributed by atoms with Gasteiger partial charge in [0, 0.05) is 11.6 Å². The fourth-order valence-electron chi connectivity index (χ4n) is 2.46. The first-order chi connectivity index (χ1) is 9.77. The maximum Gasteiger partial charge on any atom is 0.416 e. The molecule has 1 aromatic carbocycles. The first kappa shape index (κ1) is 15.3. The number of carboxylic acids is 1. The minimum Gasteiger partial charge on any atom is -0.481 e. The van der Waals surface area contributed by atoms with Crippen molar-refractivity contribution in [1.82, 2.24) is 0 Å². The topological polar surface area (TPSA) is 66.4 Å². The molecule has 7 heteroatoms. The smallest absolute Gasteiger partial charge is 0.416 e. The average Bonchev–Trinajstić information content (AvgIpc) is 2.88. The molecular weight excluding hydrogens is 287 g/mol. The molecule has 21 heavy (non-hydrogen) atoms. The molecule has 2 unspecified atom stereocenters. The SMILES string of the molecule is O=C(O)C1CCC(C(=O)Nc2cccc(C(F)(F)F)c2)C1. The molecule has 2 atom stereocenters. The van der Waals surface area contributed by atoms with Gasteiger partial charge in [-0.1, -0.05) is 6.07 Å². The summed E-state index contributed by atoms with van der Waals surface area (Å²) in [6.45, 7) is 0. The zero-order chi connectivity index (χ0) is 15.6. The third kappa shape index (κ3) is 3.74. The van der Waals surface area contributed by atoms with Gasteiger partial charge in [-0.3, -0.25) is 9.59 Å². The van der Waals surface area contributed by atoms with Crippen LogP contribution in [-0.2, 0) is 15.8 Å². The van der Waals surface area contributed by atoms with E-state index in [0.29, 0.717) is 12.8 Å². The maximum absolute atomic E-state index is 12.6. The van der Waals surface area contributed by atoms with Crippen molar-refractivity contribution in [2.75, 3.05) is 5.32 Å². The number of nitrogens with one attached hydrogen (secondary N) is 1. The van der Waals surface area contributed by atoms with Gasteiger partial charge in [-0.2, -0.15) is 13.2 Å². The first-order valence-electron chi connectivity index (χ1n) is 6.48. The summed E-state index contributed by atoms with van der Waals surface area (Å²) in [5.41, 5.74) is -0.774. The van der Waals surface area contributed by atoms with E-state index in [-0.39, 0.29) is 12.1 Å². The summed E-state index contributed by atoms with van der Waals surface area (Å²) in [6.07, 6.45) is -3.40. The molecule has 0 aliphatic heterocycles. The number of rotatable bonds is 3. The summed E-state index contributed by atoms with van der Waals surface area (Å²) in [4.78, 5) is 22.8. The third-order valence-electron chi connectivity index (χ3n) is 3.61. The second kappa shape index (κ2) is 5.75. The summed E-state index contributed by atoms with van der Waals surface area (Å²) in [5.74, 6) is -2.40. The minimum atomic E-state index is -4.47. The predicted molar refractivity (Wildman–Crippen MR) is 68.5 cm³/mol. The van der Waals surface area contributed by atoms with Crippen LogP contribution in [0.4, 0.5) is 18.9 Å². The Morgan fingerprint density at radius 2 is 1.86 bits per heavy atom. The molecule has 0 spiro atoms. The van der Waals surface area contributed by atoms with Crippen LogP contribution in [0.25, 0.3) is 0 Å². The van der Waals surface area contributed by atoms with Gasteiger partial charge in [0.05, 0.1) is 11.5 Å². The van der Waals surface area contributed by atoms with Gasteiger partial charge in [0.25, 0.3) is 0 Å². The molecule has 1 fully saturated rings. The standard InChI is InChI=1S/C14H14F3NO3/c15-14(16,17)10-2-1-3-11(7-10)18-12(19)8-4-5-9(6-8)13(20)21/h1-3,7-9H,4-6H2,(H,18,19)(H,20,21). The predicted octanol–water partition coefficient (Wildman–Crippen LogP) is 3.14. The van der Waals surface area contributed by atoms with Gasteiger partial charge < -0.3 is 10.4 Å². The molecular formula is C14H14F3NO3. The average molecular weight is 301 g/mol. The molecule has 1 aliphatic carbocycles. The molecule has 0 bridgehead atoms. The number of carboxylic acid groups (broad SMARTS) is 1. The van der Waals surface area contributed by atoms with E-state index in [4.69, 9.17) is 5.11 Å². The van der Waals surface area contributed by atoms with Gasteiger partial charge >= 0.3 is 12.1 Å². The van der Waals surface area contributed by atoms with Crippen molar-refractivity contribution in [3.8, 4) is 0 Å². The fourth-order valence-corrected chi connectivity index (χ4v) is 2.46. The Balaban J connectivity index is 2.02.